The van der Waals surface area contributed by atoms with Crippen LogP contribution in [0.3, 0.4) is 0 Å². The van der Waals surface area contributed by atoms with Gasteiger partial charge in [0.05, 0.1) is 6.61 Å². The number of hydrogen-bond acceptors (Lipinski definition) is 3. The maximum atomic E-state index is 14.9. The Morgan fingerprint density at radius 1 is 1.42 bits per heavy atom. The summed E-state index contributed by atoms with van der Waals surface area (Å²) in [6.45, 7) is 0.235. The number of alkyl halides is 1. The highest BCUT2D eigenvalue weighted by molar-refractivity contribution is 5.78. The lowest BCUT2D eigenvalue weighted by Crippen LogP contribution is -2.26. The average Bonchev–Trinajstić information content (AvgIpc) is 2.83. The number of hydrogen-bond donors (Lipinski definition) is 1. The third kappa shape index (κ3) is 2.77. The monoisotopic (exact) mass is 269 g/mol. The normalized spacial score (nSPS) is 14.7. The van der Waals surface area contributed by atoms with Crippen LogP contribution < -0.4 is 5.73 Å². The van der Waals surface area contributed by atoms with Gasteiger partial charge in [-0.2, -0.15) is 0 Å². The lowest BCUT2D eigenvalue weighted by atomic mass is 9.97. The summed E-state index contributed by atoms with van der Waals surface area (Å²) in [5.74, 6) is -0.412. The van der Waals surface area contributed by atoms with E-state index in [9.17, 15) is 8.78 Å². The largest absolute Gasteiger partial charge is 0.454 e. The van der Waals surface area contributed by atoms with Crippen molar-refractivity contribution < 1.29 is 17.9 Å². The van der Waals surface area contributed by atoms with Crippen molar-refractivity contribution in [3.8, 4) is 0 Å². The Balaban J connectivity index is 2.41. The Morgan fingerprint density at radius 2 is 2.21 bits per heavy atom. The maximum Gasteiger partial charge on any atom is 0.191 e. The summed E-state index contributed by atoms with van der Waals surface area (Å²) in [5.41, 5.74) is 3.71. The fourth-order valence-corrected chi connectivity index (χ4v) is 2.13. The lowest BCUT2D eigenvalue weighted by Gasteiger charge is -2.21. The summed E-state index contributed by atoms with van der Waals surface area (Å²) in [6.07, 6.45) is 0.679. The van der Waals surface area contributed by atoms with Gasteiger partial charge in [0.2, 0.25) is 0 Å². The van der Waals surface area contributed by atoms with Crippen LogP contribution in [0.25, 0.3) is 11.0 Å². The summed E-state index contributed by atoms with van der Waals surface area (Å²) in [6, 6.07) is 6.05. The van der Waals surface area contributed by atoms with Gasteiger partial charge in [0.25, 0.3) is 0 Å². The number of rotatable bonds is 6. The van der Waals surface area contributed by atoms with Crippen LogP contribution in [0.2, 0.25) is 0 Å². The number of nitrogens with two attached hydrogens (primary N) is 1. The van der Waals surface area contributed by atoms with E-state index in [-0.39, 0.29) is 24.4 Å². The minimum absolute atomic E-state index is 0.0726. The molecule has 2 aromatic rings. The van der Waals surface area contributed by atoms with Gasteiger partial charge >= 0.3 is 0 Å². The van der Waals surface area contributed by atoms with E-state index in [0.29, 0.717) is 18.4 Å². The zero-order valence-electron chi connectivity index (χ0n) is 10.8. The molecule has 0 saturated heterocycles. The molecular formula is C14H17F2NO2. The number of para-hydroxylation sites is 1. The van der Waals surface area contributed by atoms with Crippen molar-refractivity contribution in [1.82, 2.24) is 0 Å². The Hall–Kier alpha value is -1.46. The standard InChI is InChI=1S/C14H17F2NO2/c1-18-9-14(16,6-3-7-17)12-8-10-4-2-5-11(15)13(10)19-12/h2,4-5,8H,3,6-7,9,17H2,1H3. The van der Waals surface area contributed by atoms with Crippen molar-refractivity contribution in [2.75, 3.05) is 20.3 Å². The highest BCUT2D eigenvalue weighted by atomic mass is 19.1. The van der Waals surface area contributed by atoms with E-state index in [4.69, 9.17) is 14.9 Å². The van der Waals surface area contributed by atoms with E-state index in [0.717, 1.165) is 0 Å². The summed E-state index contributed by atoms with van der Waals surface area (Å²) in [5, 5.41) is 0.542. The van der Waals surface area contributed by atoms with Crippen molar-refractivity contribution in [3.63, 3.8) is 0 Å². The number of benzene rings is 1. The predicted molar refractivity (Wildman–Crippen MR) is 69.1 cm³/mol. The Bertz CT molecular complexity index is 555. The molecule has 1 aromatic carbocycles. The van der Waals surface area contributed by atoms with E-state index in [1.54, 1.807) is 12.1 Å². The van der Waals surface area contributed by atoms with Crippen molar-refractivity contribution >= 4 is 11.0 Å². The molecule has 0 saturated carbocycles. The van der Waals surface area contributed by atoms with Gasteiger partial charge in [-0.15, -0.1) is 0 Å². The smallest absolute Gasteiger partial charge is 0.191 e. The molecule has 0 aliphatic rings. The van der Waals surface area contributed by atoms with Crippen LogP contribution in [-0.2, 0) is 10.4 Å². The molecule has 1 atom stereocenters. The van der Waals surface area contributed by atoms with Crippen LogP contribution in [-0.4, -0.2) is 20.3 Å². The second-order valence-electron chi connectivity index (χ2n) is 4.56. The Kier molecular flexibility index (Phi) is 4.17. The number of furan rings is 1. The highest BCUT2D eigenvalue weighted by Crippen LogP contribution is 2.36. The molecule has 1 heterocycles. The maximum absolute atomic E-state index is 14.9. The predicted octanol–water partition coefficient (Wildman–Crippen LogP) is 3.12. The SMILES string of the molecule is COCC(F)(CCCN)c1cc2cccc(F)c2o1. The topological polar surface area (TPSA) is 48.4 Å². The first-order valence-electron chi connectivity index (χ1n) is 6.17. The highest BCUT2D eigenvalue weighted by Gasteiger charge is 2.35. The molecule has 2 N–H and O–H groups in total. The van der Waals surface area contributed by atoms with Crippen LogP contribution >= 0.6 is 0 Å². The number of methoxy groups -OCH3 is 1. The fraction of sp³-hybridized carbons (Fsp3) is 0.429. The molecule has 19 heavy (non-hydrogen) atoms. The molecular weight excluding hydrogens is 252 g/mol. The van der Waals surface area contributed by atoms with Crippen molar-refractivity contribution in [1.29, 1.82) is 0 Å². The van der Waals surface area contributed by atoms with Gasteiger partial charge in [-0.05, 0) is 31.5 Å². The van der Waals surface area contributed by atoms with Crippen LogP contribution in [0, 0.1) is 5.82 Å². The van der Waals surface area contributed by atoms with Gasteiger partial charge in [-0.3, -0.25) is 0 Å². The fourth-order valence-electron chi connectivity index (χ4n) is 2.13. The van der Waals surface area contributed by atoms with E-state index in [2.05, 4.69) is 0 Å². The quantitative estimate of drug-likeness (QED) is 0.876. The molecule has 1 unspecified atom stereocenters. The number of halogens is 2. The van der Waals surface area contributed by atoms with Gasteiger partial charge < -0.3 is 14.9 Å². The molecule has 0 aliphatic carbocycles. The van der Waals surface area contributed by atoms with Crippen LogP contribution in [0.5, 0.6) is 0 Å². The molecule has 1 aromatic heterocycles. The molecule has 0 radical (unpaired) electrons. The van der Waals surface area contributed by atoms with Gasteiger partial charge in [0.15, 0.2) is 17.1 Å². The van der Waals surface area contributed by atoms with Crippen LogP contribution in [0.1, 0.15) is 18.6 Å². The van der Waals surface area contributed by atoms with Gasteiger partial charge in [0, 0.05) is 12.5 Å². The molecule has 0 aliphatic heterocycles. The first-order chi connectivity index (χ1) is 9.10. The van der Waals surface area contributed by atoms with E-state index < -0.39 is 11.5 Å². The van der Waals surface area contributed by atoms with Crippen LogP contribution in [0.4, 0.5) is 8.78 Å². The molecule has 0 bridgehead atoms. The number of ether oxygens (including phenoxy) is 1. The van der Waals surface area contributed by atoms with Crippen molar-refractivity contribution in [3.05, 3.63) is 35.8 Å². The van der Waals surface area contributed by atoms with E-state index >= 15 is 0 Å². The molecule has 3 nitrogen and oxygen atoms in total. The third-order valence-corrected chi connectivity index (χ3v) is 3.09. The summed E-state index contributed by atoms with van der Waals surface area (Å²) in [7, 11) is 1.42. The molecule has 0 fully saturated rings. The molecule has 0 spiro atoms. The second-order valence-corrected chi connectivity index (χ2v) is 4.56. The molecule has 5 heteroatoms. The third-order valence-electron chi connectivity index (χ3n) is 3.09. The second kappa shape index (κ2) is 5.67. The summed E-state index contributed by atoms with van der Waals surface area (Å²) < 4.78 is 38.7. The first kappa shape index (κ1) is 14.0. The molecule has 2 rings (SSSR count). The Morgan fingerprint density at radius 3 is 2.84 bits per heavy atom. The van der Waals surface area contributed by atoms with Crippen molar-refractivity contribution in [2.45, 2.75) is 18.5 Å². The minimum atomic E-state index is -1.78. The van der Waals surface area contributed by atoms with Gasteiger partial charge in [-0.25, -0.2) is 8.78 Å². The van der Waals surface area contributed by atoms with Gasteiger partial charge in [0.1, 0.15) is 5.76 Å². The Labute approximate surface area is 110 Å². The average molecular weight is 269 g/mol. The minimum Gasteiger partial charge on any atom is -0.454 e. The zero-order valence-corrected chi connectivity index (χ0v) is 10.8. The molecule has 104 valence electrons. The summed E-state index contributed by atoms with van der Waals surface area (Å²) in [4.78, 5) is 0. The number of fused-ring (bicyclic) bond motifs is 1. The van der Waals surface area contributed by atoms with E-state index in [1.807, 2.05) is 0 Å². The lowest BCUT2D eigenvalue weighted by molar-refractivity contribution is 0.0151. The van der Waals surface area contributed by atoms with E-state index in [1.165, 1.54) is 19.2 Å². The van der Waals surface area contributed by atoms with Gasteiger partial charge in [-0.1, -0.05) is 12.1 Å². The molecule has 0 amide bonds. The zero-order chi connectivity index (χ0) is 13.9. The first-order valence-corrected chi connectivity index (χ1v) is 6.17. The van der Waals surface area contributed by atoms with Crippen molar-refractivity contribution in [2.24, 2.45) is 5.73 Å². The summed E-state index contributed by atoms with van der Waals surface area (Å²) >= 11 is 0. The van der Waals surface area contributed by atoms with Crippen LogP contribution in [0.15, 0.2) is 28.7 Å².